The van der Waals surface area contributed by atoms with Crippen molar-refractivity contribution in [3.05, 3.63) is 64.2 Å². The lowest BCUT2D eigenvalue weighted by Gasteiger charge is -2.17. The SMILES string of the molecule is COc1ccccc1C(=O)C1=C(\C)C(C)C/C=C(Cl)/C=C\1. The van der Waals surface area contributed by atoms with Crippen LogP contribution in [0.4, 0.5) is 0 Å². The fourth-order valence-corrected chi connectivity index (χ4v) is 2.48. The second-order valence-electron chi connectivity index (χ2n) is 5.19. The van der Waals surface area contributed by atoms with Crippen LogP contribution in [-0.4, -0.2) is 12.9 Å². The summed E-state index contributed by atoms with van der Waals surface area (Å²) in [5, 5.41) is 0.666. The molecule has 0 saturated carbocycles. The highest BCUT2D eigenvalue weighted by Crippen LogP contribution is 2.29. The van der Waals surface area contributed by atoms with Gasteiger partial charge in [0.1, 0.15) is 5.75 Å². The molecular formula is C18H19ClO2. The molecule has 0 bridgehead atoms. The molecule has 1 aliphatic carbocycles. The Morgan fingerprint density at radius 1 is 1.29 bits per heavy atom. The van der Waals surface area contributed by atoms with Gasteiger partial charge in [-0.15, -0.1) is 0 Å². The Balaban J connectivity index is 2.49. The molecule has 1 atom stereocenters. The van der Waals surface area contributed by atoms with Crippen LogP contribution in [0.3, 0.4) is 0 Å². The summed E-state index contributed by atoms with van der Waals surface area (Å²) in [4.78, 5) is 12.9. The largest absolute Gasteiger partial charge is 0.496 e. The summed E-state index contributed by atoms with van der Waals surface area (Å²) in [6, 6.07) is 7.28. The number of hydrogen-bond donors (Lipinski definition) is 0. The van der Waals surface area contributed by atoms with Crippen molar-refractivity contribution in [1.29, 1.82) is 0 Å². The predicted octanol–water partition coefficient (Wildman–Crippen LogP) is 4.91. The fourth-order valence-electron chi connectivity index (χ4n) is 2.33. The molecule has 2 rings (SSSR count). The highest BCUT2D eigenvalue weighted by molar-refractivity contribution is 6.31. The van der Waals surface area contributed by atoms with Gasteiger partial charge < -0.3 is 4.74 Å². The first-order valence-corrected chi connectivity index (χ1v) is 7.34. The number of ketones is 1. The van der Waals surface area contributed by atoms with Gasteiger partial charge in [0.05, 0.1) is 12.7 Å². The molecule has 0 N–H and O–H groups in total. The number of carbonyl (C=O) groups is 1. The van der Waals surface area contributed by atoms with E-state index in [0.29, 0.717) is 21.9 Å². The Kier molecular flexibility index (Phi) is 5.03. The zero-order valence-electron chi connectivity index (χ0n) is 12.5. The van der Waals surface area contributed by atoms with E-state index in [-0.39, 0.29) is 11.7 Å². The van der Waals surface area contributed by atoms with Crippen molar-refractivity contribution in [3.63, 3.8) is 0 Å². The normalized spacial score (nSPS) is 26.3. The zero-order chi connectivity index (χ0) is 15.4. The van der Waals surface area contributed by atoms with Gasteiger partial charge in [0.25, 0.3) is 0 Å². The van der Waals surface area contributed by atoms with Crippen molar-refractivity contribution < 1.29 is 9.53 Å². The molecular weight excluding hydrogens is 284 g/mol. The maximum atomic E-state index is 12.9. The summed E-state index contributed by atoms with van der Waals surface area (Å²) in [5.41, 5.74) is 2.34. The van der Waals surface area contributed by atoms with Gasteiger partial charge in [0, 0.05) is 10.6 Å². The molecule has 0 spiro atoms. The number of allylic oxidation sites excluding steroid dienone is 6. The molecule has 0 aliphatic heterocycles. The maximum absolute atomic E-state index is 12.9. The third-order valence-corrected chi connectivity index (χ3v) is 4.12. The van der Waals surface area contributed by atoms with Gasteiger partial charge in [0.15, 0.2) is 5.78 Å². The lowest BCUT2D eigenvalue weighted by Crippen LogP contribution is -2.10. The lowest BCUT2D eigenvalue weighted by atomic mass is 9.88. The quantitative estimate of drug-likeness (QED) is 0.741. The Morgan fingerprint density at radius 3 is 2.71 bits per heavy atom. The van der Waals surface area contributed by atoms with E-state index >= 15 is 0 Å². The van der Waals surface area contributed by atoms with Crippen LogP contribution in [0.25, 0.3) is 0 Å². The first-order chi connectivity index (χ1) is 10.0. The van der Waals surface area contributed by atoms with Gasteiger partial charge >= 0.3 is 0 Å². The monoisotopic (exact) mass is 302 g/mol. The maximum Gasteiger partial charge on any atom is 0.196 e. The van der Waals surface area contributed by atoms with Crippen LogP contribution in [0, 0.1) is 5.92 Å². The third kappa shape index (κ3) is 3.45. The molecule has 1 unspecified atom stereocenters. The standard InChI is InChI=1S/C18H19ClO2/c1-12-8-9-14(19)10-11-15(13(12)2)18(20)16-6-4-5-7-17(16)21-3/h4-7,9-12H,8H2,1-3H3/b11-10-,14-9-,15-13+. The van der Waals surface area contributed by atoms with Gasteiger partial charge in [-0.3, -0.25) is 4.79 Å². The van der Waals surface area contributed by atoms with Crippen molar-refractivity contribution in [1.82, 2.24) is 0 Å². The molecule has 3 heteroatoms. The van der Waals surface area contributed by atoms with Gasteiger partial charge in [-0.2, -0.15) is 0 Å². The van der Waals surface area contributed by atoms with Gasteiger partial charge in [-0.1, -0.05) is 42.3 Å². The van der Waals surface area contributed by atoms with E-state index in [0.717, 1.165) is 12.0 Å². The van der Waals surface area contributed by atoms with Crippen LogP contribution < -0.4 is 4.74 Å². The average molecular weight is 303 g/mol. The van der Waals surface area contributed by atoms with E-state index in [1.165, 1.54) is 0 Å². The molecule has 0 heterocycles. The van der Waals surface area contributed by atoms with E-state index in [2.05, 4.69) is 6.92 Å². The summed E-state index contributed by atoms with van der Waals surface area (Å²) in [6.45, 7) is 4.11. The second-order valence-corrected chi connectivity index (χ2v) is 5.62. The minimum atomic E-state index is -0.0283. The molecule has 0 aromatic heterocycles. The van der Waals surface area contributed by atoms with Crippen molar-refractivity contribution in [2.45, 2.75) is 20.3 Å². The van der Waals surface area contributed by atoms with Crippen molar-refractivity contribution >= 4 is 17.4 Å². The number of Topliss-reactive ketones (excluding diaryl/α,β-unsaturated/α-hetero) is 1. The van der Waals surface area contributed by atoms with E-state index < -0.39 is 0 Å². The summed E-state index contributed by atoms with van der Waals surface area (Å²) >= 11 is 6.10. The summed E-state index contributed by atoms with van der Waals surface area (Å²) in [6.07, 6.45) is 6.40. The Morgan fingerprint density at radius 2 is 2.00 bits per heavy atom. The van der Waals surface area contributed by atoms with Crippen molar-refractivity contribution in [2.75, 3.05) is 7.11 Å². The minimum absolute atomic E-state index is 0.0283. The van der Waals surface area contributed by atoms with Crippen LogP contribution in [-0.2, 0) is 0 Å². The fraction of sp³-hybridized carbons (Fsp3) is 0.278. The van der Waals surface area contributed by atoms with E-state index in [1.807, 2.05) is 25.1 Å². The number of methoxy groups -OCH3 is 1. The Hall–Kier alpha value is -1.80. The van der Waals surface area contributed by atoms with Gasteiger partial charge in [-0.25, -0.2) is 0 Å². The first-order valence-electron chi connectivity index (χ1n) is 6.96. The van der Waals surface area contributed by atoms with Crippen LogP contribution in [0.2, 0.25) is 0 Å². The number of ether oxygens (including phenoxy) is 1. The zero-order valence-corrected chi connectivity index (χ0v) is 13.3. The summed E-state index contributed by atoms with van der Waals surface area (Å²) < 4.78 is 5.29. The van der Waals surface area contributed by atoms with Crippen molar-refractivity contribution in [3.8, 4) is 5.75 Å². The van der Waals surface area contributed by atoms with Crippen LogP contribution >= 0.6 is 11.6 Å². The molecule has 0 fully saturated rings. The third-order valence-electron chi connectivity index (χ3n) is 3.84. The van der Waals surface area contributed by atoms with Gasteiger partial charge in [0.2, 0.25) is 0 Å². The topological polar surface area (TPSA) is 26.3 Å². The van der Waals surface area contributed by atoms with E-state index in [1.54, 1.807) is 31.4 Å². The minimum Gasteiger partial charge on any atom is -0.496 e. The molecule has 1 aromatic rings. The highest BCUT2D eigenvalue weighted by atomic mass is 35.5. The van der Waals surface area contributed by atoms with Crippen LogP contribution in [0.5, 0.6) is 5.75 Å². The number of carbonyl (C=O) groups excluding carboxylic acids is 1. The Labute approximate surface area is 130 Å². The summed E-state index contributed by atoms with van der Waals surface area (Å²) in [5.74, 6) is 0.837. The van der Waals surface area contributed by atoms with Crippen LogP contribution in [0.15, 0.2) is 58.7 Å². The van der Waals surface area contributed by atoms with Gasteiger partial charge in [-0.05, 0) is 43.5 Å². The lowest BCUT2D eigenvalue weighted by molar-refractivity contribution is 0.103. The average Bonchev–Trinajstić information content (AvgIpc) is 2.51. The predicted molar refractivity (Wildman–Crippen MR) is 86.9 cm³/mol. The smallest absolute Gasteiger partial charge is 0.196 e. The van der Waals surface area contributed by atoms with E-state index in [4.69, 9.17) is 16.3 Å². The molecule has 2 nitrogen and oxygen atoms in total. The number of benzene rings is 1. The van der Waals surface area contributed by atoms with Crippen LogP contribution in [0.1, 0.15) is 30.6 Å². The van der Waals surface area contributed by atoms with E-state index in [9.17, 15) is 4.79 Å². The number of rotatable bonds is 3. The molecule has 0 radical (unpaired) electrons. The highest BCUT2D eigenvalue weighted by Gasteiger charge is 2.20. The number of halogens is 1. The summed E-state index contributed by atoms with van der Waals surface area (Å²) in [7, 11) is 1.57. The molecule has 0 amide bonds. The number of para-hydroxylation sites is 1. The first kappa shape index (κ1) is 15.6. The molecule has 21 heavy (non-hydrogen) atoms. The molecule has 1 aromatic carbocycles. The number of hydrogen-bond acceptors (Lipinski definition) is 2. The molecule has 110 valence electrons. The Bertz CT molecular complexity index is 638. The molecule has 1 aliphatic rings. The molecule has 0 saturated heterocycles. The van der Waals surface area contributed by atoms with Crippen molar-refractivity contribution in [2.24, 2.45) is 5.92 Å². The second kappa shape index (κ2) is 6.77.